The van der Waals surface area contributed by atoms with Crippen molar-refractivity contribution in [2.75, 3.05) is 18.5 Å². The fraction of sp³-hybridized carbons (Fsp3) is 0.370. The number of carbonyl (C=O) groups is 3. The second-order valence-corrected chi connectivity index (χ2v) is 8.65. The number of nitrogens with zero attached hydrogens (tertiary/aromatic N) is 1. The van der Waals surface area contributed by atoms with E-state index < -0.39 is 12.0 Å². The molecular weight excluding hydrogens is 430 g/mol. The fourth-order valence-electron chi connectivity index (χ4n) is 4.05. The number of ether oxygens (including phenoxy) is 1. The molecule has 1 aliphatic rings. The van der Waals surface area contributed by atoms with Gasteiger partial charge in [-0.05, 0) is 42.5 Å². The zero-order valence-corrected chi connectivity index (χ0v) is 20.3. The molecule has 1 unspecified atom stereocenters. The van der Waals surface area contributed by atoms with Crippen LogP contribution in [0.15, 0.2) is 60.2 Å². The summed E-state index contributed by atoms with van der Waals surface area (Å²) in [5.74, 6) is -0.334. The Labute approximate surface area is 201 Å². The van der Waals surface area contributed by atoms with E-state index in [1.165, 1.54) is 0 Å². The molecule has 2 aromatic carbocycles. The largest absolute Gasteiger partial charge is 0.463 e. The summed E-state index contributed by atoms with van der Waals surface area (Å²) in [6, 6.07) is 15.6. The van der Waals surface area contributed by atoms with Crippen LogP contribution in [0.4, 0.5) is 10.5 Å². The highest BCUT2D eigenvalue weighted by Crippen LogP contribution is 2.37. The Bertz CT molecular complexity index is 1060. The summed E-state index contributed by atoms with van der Waals surface area (Å²) in [7, 11) is 0. The molecule has 1 aliphatic heterocycles. The first kappa shape index (κ1) is 25.0. The van der Waals surface area contributed by atoms with Crippen molar-refractivity contribution in [3.05, 3.63) is 71.3 Å². The zero-order valence-electron chi connectivity index (χ0n) is 20.3. The lowest BCUT2D eigenvalue weighted by Crippen LogP contribution is -2.48. The van der Waals surface area contributed by atoms with E-state index in [-0.39, 0.29) is 24.5 Å². The topological polar surface area (TPSA) is 87.7 Å². The second-order valence-electron chi connectivity index (χ2n) is 8.65. The lowest BCUT2D eigenvalue weighted by atomic mass is 9.91. The highest BCUT2D eigenvalue weighted by molar-refractivity contribution is 6.04. The van der Waals surface area contributed by atoms with Crippen LogP contribution in [0.1, 0.15) is 57.7 Å². The highest BCUT2D eigenvalue weighted by atomic mass is 16.5. The monoisotopic (exact) mass is 463 g/mol. The van der Waals surface area contributed by atoms with Crippen molar-refractivity contribution in [1.82, 2.24) is 10.2 Å². The van der Waals surface area contributed by atoms with E-state index in [1.54, 1.807) is 30.0 Å². The van der Waals surface area contributed by atoms with Crippen molar-refractivity contribution in [2.24, 2.45) is 5.92 Å². The van der Waals surface area contributed by atoms with Gasteiger partial charge < -0.3 is 15.4 Å². The van der Waals surface area contributed by atoms with E-state index in [9.17, 15) is 14.4 Å². The molecule has 0 saturated carbocycles. The Morgan fingerprint density at radius 2 is 1.82 bits per heavy atom. The van der Waals surface area contributed by atoms with E-state index in [2.05, 4.69) is 10.6 Å². The van der Waals surface area contributed by atoms with Gasteiger partial charge in [0.25, 0.3) is 0 Å². The first-order chi connectivity index (χ1) is 16.3. The first-order valence-corrected chi connectivity index (χ1v) is 11.8. The number of urea groups is 1. The van der Waals surface area contributed by atoms with Gasteiger partial charge in [0.1, 0.15) is 0 Å². The maximum absolute atomic E-state index is 13.3. The molecule has 180 valence electrons. The van der Waals surface area contributed by atoms with Crippen molar-refractivity contribution in [1.29, 1.82) is 0 Å². The van der Waals surface area contributed by atoms with Crippen molar-refractivity contribution in [3.63, 3.8) is 0 Å². The third-order valence-electron chi connectivity index (χ3n) is 5.41. The van der Waals surface area contributed by atoms with E-state index in [4.69, 9.17) is 4.74 Å². The van der Waals surface area contributed by atoms with Gasteiger partial charge in [-0.25, -0.2) is 9.59 Å². The summed E-state index contributed by atoms with van der Waals surface area (Å²) in [5.41, 5.74) is 2.97. The second kappa shape index (κ2) is 11.5. The van der Waals surface area contributed by atoms with Gasteiger partial charge in [0.05, 0.1) is 23.9 Å². The average Bonchev–Trinajstić information content (AvgIpc) is 2.80. The number of benzene rings is 2. The molecule has 0 radical (unpaired) electrons. The Kier molecular flexibility index (Phi) is 8.46. The van der Waals surface area contributed by atoms with Crippen LogP contribution in [0.2, 0.25) is 0 Å². The molecule has 7 nitrogen and oxygen atoms in total. The van der Waals surface area contributed by atoms with Crippen molar-refractivity contribution in [3.8, 4) is 0 Å². The van der Waals surface area contributed by atoms with Crippen LogP contribution in [-0.4, -0.2) is 36.0 Å². The quantitative estimate of drug-likeness (QED) is 0.505. The molecule has 3 rings (SSSR count). The van der Waals surface area contributed by atoms with Gasteiger partial charge in [-0.1, -0.05) is 63.2 Å². The number of hydrogen-bond acceptors (Lipinski definition) is 4. The minimum Gasteiger partial charge on any atom is -0.463 e. The molecule has 0 saturated heterocycles. The number of amides is 3. The lowest BCUT2D eigenvalue weighted by Gasteiger charge is -2.37. The molecule has 0 spiro atoms. The Hall–Kier alpha value is -3.61. The number of nitrogens with one attached hydrogen (secondary N) is 2. The Balaban J connectivity index is 2.13. The molecule has 1 heterocycles. The number of carbonyl (C=O) groups excluding carboxylic acids is 3. The summed E-state index contributed by atoms with van der Waals surface area (Å²) >= 11 is 0. The number of rotatable bonds is 9. The molecule has 0 aliphatic carbocycles. The van der Waals surface area contributed by atoms with Crippen LogP contribution in [0.3, 0.4) is 0 Å². The summed E-state index contributed by atoms with van der Waals surface area (Å²) in [5, 5.41) is 5.90. The minimum atomic E-state index is -0.725. The maximum Gasteiger partial charge on any atom is 0.338 e. The summed E-state index contributed by atoms with van der Waals surface area (Å²) in [6.07, 6.45) is 1.13. The van der Waals surface area contributed by atoms with E-state index in [0.717, 1.165) is 12.0 Å². The molecule has 0 aromatic heterocycles. The summed E-state index contributed by atoms with van der Waals surface area (Å²) < 4.78 is 5.44. The molecule has 1 atom stereocenters. The van der Waals surface area contributed by atoms with Crippen LogP contribution in [-0.2, 0) is 14.3 Å². The van der Waals surface area contributed by atoms with E-state index in [1.807, 2.05) is 57.2 Å². The highest BCUT2D eigenvalue weighted by Gasteiger charge is 2.38. The average molecular weight is 464 g/mol. The van der Waals surface area contributed by atoms with Crippen LogP contribution < -0.4 is 10.6 Å². The van der Waals surface area contributed by atoms with Gasteiger partial charge in [-0.2, -0.15) is 0 Å². The predicted molar refractivity (Wildman–Crippen MR) is 133 cm³/mol. The van der Waals surface area contributed by atoms with E-state index in [0.29, 0.717) is 35.5 Å². The molecule has 7 heteroatoms. The standard InChI is InChI=1S/C27H33N3O4/c1-5-15-30-25(19-11-8-7-9-12-19)23(26(32)34-6-2)24(29-27(30)33)20-13-10-14-21(17-20)28-22(31)16-18(3)4/h7-14,17-18,24H,5-6,15-16H2,1-4H3,(H,28,31)(H,29,33). The number of esters is 1. The molecule has 2 N–H and O–H groups in total. The lowest BCUT2D eigenvalue weighted by molar-refractivity contribution is -0.139. The smallest absolute Gasteiger partial charge is 0.338 e. The van der Waals surface area contributed by atoms with Gasteiger partial charge in [0.2, 0.25) is 5.91 Å². The van der Waals surface area contributed by atoms with Gasteiger partial charge in [-0.15, -0.1) is 0 Å². The Morgan fingerprint density at radius 1 is 1.09 bits per heavy atom. The summed E-state index contributed by atoms with van der Waals surface area (Å²) in [4.78, 5) is 40.4. The van der Waals surface area contributed by atoms with E-state index >= 15 is 0 Å². The SMILES string of the molecule is CCCN1C(=O)NC(c2cccc(NC(=O)CC(C)C)c2)C(C(=O)OCC)=C1c1ccccc1. The molecule has 3 amide bonds. The predicted octanol–water partition coefficient (Wildman–Crippen LogP) is 5.12. The van der Waals surface area contributed by atoms with Crippen LogP contribution in [0.25, 0.3) is 5.70 Å². The van der Waals surface area contributed by atoms with Crippen molar-refractivity contribution < 1.29 is 19.1 Å². The molecule has 0 bridgehead atoms. The number of hydrogen-bond donors (Lipinski definition) is 2. The number of anilines is 1. The Morgan fingerprint density at radius 3 is 2.47 bits per heavy atom. The molecule has 34 heavy (non-hydrogen) atoms. The normalized spacial score (nSPS) is 15.9. The van der Waals surface area contributed by atoms with Crippen LogP contribution >= 0.6 is 0 Å². The molecular formula is C27H33N3O4. The van der Waals surface area contributed by atoms with Gasteiger partial charge in [0.15, 0.2) is 0 Å². The summed E-state index contributed by atoms with van der Waals surface area (Å²) in [6.45, 7) is 8.37. The van der Waals surface area contributed by atoms with Crippen molar-refractivity contribution >= 4 is 29.3 Å². The van der Waals surface area contributed by atoms with Gasteiger partial charge in [-0.3, -0.25) is 9.69 Å². The first-order valence-electron chi connectivity index (χ1n) is 11.8. The van der Waals surface area contributed by atoms with Crippen LogP contribution in [0, 0.1) is 5.92 Å². The van der Waals surface area contributed by atoms with Gasteiger partial charge >= 0.3 is 12.0 Å². The maximum atomic E-state index is 13.3. The van der Waals surface area contributed by atoms with Crippen molar-refractivity contribution in [2.45, 2.75) is 46.6 Å². The zero-order chi connectivity index (χ0) is 24.7. The fourth-order valence-corrected chi connectivity index (χ4v) is 4.05. The molecule has 2 aromatic rings. The minimum absolute atomic E-state index is 0.0833. The van der Waals surface area contributed by atoms with Crippen LogP contribution in [0.5, 0.6) is 0 Å². The molecule has 0 fully saturated rings. The van der Waals surface area contributed by atoms with Gasteiger partial charge in [0, 0.05) is 18.7 Å². The third kappa shape index (κ3) is 5.84. The third-order valence-corrected chi connectivity index (χ3v) is 5.41.